The first-order valence-corrected chi connectivity index (χ1v) is 6.85. The van der Waals surface area contributed by atoms with E-state index in [1.54, 1.807) is 12.3 Å². The van der Waals surface area contributed by atoms with Gasteiger partial charge in [-0.3, -0.25) is 4.79 Å². The highest BCUT2D eigenvalue weighted by Crippen LogP contribution is 2.33. The number of hydrogen-bond donors (Lipinski definition) is 1. The molecule has 0 radical (unpaired) electrons. The summed E-state index contributed by atoms with van der Waals surface area (Å²) in [5.74, 6) is 0.637. The molecule has 5 heteroatoms. The summed E-state index contributed by atoms with van der Waals surface area (Å²) in [7, 11) is 0. The fourth-order valence-electron chi connectivity index (χ4n) is 1.80. The van der Waals surface area contributed by atoms with Crippen molar-refractivity contribution in [1.82, 2.24) is 10.3 Å². The third kappa shape index (κ3) is 3.68. The second kappa shape index (κ2) is 5.36. The van der Waals surface area contributed by atoms with Gasteiger partial charge in [0.15, 0.2) is 0 Å². The van der Waals surface area contributed by atoms with Crippen LogP contribution in [-0.4, -0.2) is 16.9 Å². The highest BCUT2D eigenvalue weighted by molar-refractivity contribution is 9.10. The van der Waals surface area contributed by atoms with Crippen molar-refractivity contribution in [3.05, 3.63) is 27.5 Å². The molecule has 17 heavy (non-hydrogen) atoms. The molecule has 1 unspecified atom stereocenters. The number of amides is 1. The number of nitrogens with one attached hydrogen (secondary N) is 1. The molecule has 0 spiro atoms. The molecule has 1 saturated carbocycles. The quantitative estimate of drug-likeness (QED) is 0.865. The standard InChI is InChI=1S/C12H14BrClN2O/c1-7(4-8-2-3-8)16-12(17)10-5-9(13)6-15-11(10)14/h5-8H,2-4H2,1H3,(H,16,17). The minimum atomic E-state index is -0.156. The first-order chi connectivity index (χ1) is 8.06. The fourth-order valence-corrected chi connectivity index (χ4v) is 2.32. The minimum Gasteiger partial charge on any atom is -0.349 e. The zero-order valence-electron chi connectivity index (χ0n) is 9.54. The van der Waals surface area contributed by atoms with Crippen molar-refractivity contribution in [1.29, 1.82) is 0 Å². The Balaban J connectivity index is 2.00. The Hall–Kier alpha value is -0.610. The van der Waals surface area contributed by atoms with Crippen LogP contribution < -0.4 is 5.32 Å². The highest BCUT2D eigenvalue weighted by atomic mass is 79.9. The number of carbonyl (C=O) groups excluding carboxylic acids is 1. The molecule has 1 aromatic rings. The van der Waals surface area contributed by atoms with Gasteiger partial charge in [-0.05, 0) is 41.3 Å². The van der Waals surface area contributed by atoms with Crippen LogP contribution in [0.1, 0.15) is 36.5 Å². The second-order valence-corrected chi connectivity index (χ2v) is 5.82. The van der Waals surface area contributed by atoms with Gasteiger partial charge < -0.3 is 5.32 Å². The molecule has 1 fully saturated rings. The van der Waals surface area contributed by atoms with Crippen molar-refractivity contribution in [3.8, 4) is 0 Å². The lowest BCUT2D eigenvalue weighted by molar-refractivity contribution is 0.0937. The van der Waals surface area contributed by atoms with E-state index < -0.39 is 0 Å². The van der Waals surface area contributed by atoms with Crippen molar-refractivity contribution >= 4 is 33.4 Å². The summed E-state index contributed by atoms with van der Waals surface area (Å²) >= 11 is 9.18. The van der Waals surface area contributed by atoms with Crippen LogP contribution in [0.5, 0.6) is 0 Å². The number of hydrogen-bond acceptors (Lipinski definition) is 2. The normalized spacial score (nSPS) is 16.6. The van der Waals surface area contributed by atoms with Gasteiger partial charge in [-0.2, -0.15) is 0 Å². The topological polar surface area (TPSA) is 42.0 Å². The lowest BCUT2D eigenvalue weighted by Gasteiger charge is -2.13. The molecule has 92 valence electrons. The van der Waals surface area contributed by atoms with Crippen LogP contribution in [-0.2, 0) is 0 Å². The monoisotopic (exact) mass is 316 g/mol. The number of carbonyl (C=O) groups is 1. The molecular weight excluding hydrogens is 304 g/mol. The molecule has 2 rings (SSSR count). The molecule has 1 aromatic heterocycles. The molecule has 1 aliphatic carbocycles. The Labute approximate surface area is 114 Å². The third-order valence-corrected chi connectivity index (χ3v) is 3.55. The summed E-state index contributed by atoms with van der Waals surface area (Å²) in [5, 5.41) is 3.19. The van der Waals surface area contributed by atoms with Gasteiger partial charge in [0, 0.05) is 16.7 Å². The molecule has 0 aromatic carbocycles. The summed E-state index contributed by atoms with van der Waals surface area (Å²) in [6.45, 7) is 2.02. The summed E-state index contributed by atoms with van der Waals surface area (Å²) in [5.41, 5.74) is 0.420. The van der Waals surface area contributed by atoms with E-state index in [1.165, 1.54) is 12.8 Å². The van der Waals surface area contributed by atoms with E-state index in [1.807, 2.05) is 6.92 Å². The average molecular weight is 318 g/mol. The number of halogens is 2. The molecule has 1 heterocycles. The van der Waals surface area contributed by atoms with E-state index in [-0.39, 0.29) is 17.1 Å². The van der Waals surface area contributed by atoms with Gasteiger partial charge in [-0.15, -0.1) is 0 Å². The Kier molecular flexibility index (Phi) is 4.05. The molecule has 0 saturated heterocycles. The van der Waals surface area contributed by atoms with E-state index >= 15 is 0 Å². The number of nitrogens with zero attached hydrogens (tertiary/aromatic N) is 1. The van der Waals surface area contributed by atoms with E-state index in [2.05, 4.69) is 26.2 Å². The van der Waals surface area contributed by atoms with Gasteiger partial charge in [0.1, 0.15) is 5.15 Å². The van der Waals surface area contributed by atoms with Crippen LogP contribution in [0.2, 0.25) is 5.15 Å². The summed E-state index contributed by atoms with van der Waals surface area (Å²) in [6, 6.07) is 1.87. The Bertz CT molecular complexity index is 435. The van der Waals surface area contributed by atoms with Crippen molar-refractivity contribution < 1.29 is 4.79 Å². The zero-order valence-corrected chi connectivity index (χ0v) is 11.9. The molecule has 1 amide bonds. The van der Waals surface area contributed by atoms with Gasteiger partial charge >= 0.3 is 0 Å². The zero-order chi connectivity index (χ0) is 12.4. The predicted octanol–water partition coefficient (Wildman–Crippen LogP) is 3.42. The third-order valence-electron chi connectivity index (χ3n) is 2.81. The minimum absolute atomic E-state index is 0.156. The van der Waals surface area contributed by atoms with E-state index in [9.17, 15) is 4.79 Å². The molecule has 3 nitrogen and oxygen atoms in total. The van der Waals surface area contributed by atoms with Crippen LogP contribution in [0, 0.1) is 5.92 Å². The molecule has 1 aliphatic rings. The molecular formula is C12H14BrClN2O. The first kappa shape index (κ1) is 12.8. The van der Waals surface area contributed by atoms with Crippen LogP contribution in [0.15, 0.2) is 16.7 Å². The Morgan fingerprint density at radius 3 is 3.06 bits per heavy atom. The van der Waals surface area contributed by atoms with Gasteiger partial charge in [0.05, 0.1) is 5.56 Å². The van der Waals surface area contributed by atoms with E-state index in [0.29, 0.717) is 5.56 Å². The fraction of sp³-hybridized carbons (Fsp3) is 0.500. The van der Waals surface area contributed by atoms with Gasteiger partial charge in [-0.1, -0.05) is 24.4 Å². The molecule has 0 bridgehead atoms. The Morgan fingerprint density at radius 2 is 2.41 bits per heavy atom. The van der Waals surface area contributed by atoms with Crippen LogP contribution in [0.25, 0.3) is 0 Å². The number of aromatic nitrogens is 1. The molecule has 1 N–H and O–H groups in total. The summed E-state index contributed by atoms with van der Waals surface area (Å²) < 4.78 is 0.752. The first-order valence-electron chi connectivity index (χ1n) is 5.68. The predicted molar refractivity (Wildman–Crippen MR) is 71.2 cm³/mol. The smallest absolute Gasteiger partial charge is 0.254 e. The lowest BCUT2D eigenvalue weighted by atomic mass is 10.1. The maximum Gasteiger partial charge on any atom is 0.254 e. The molecule has 0 aliphatic heterocycles. The maximum atomic E-state index is 12.0. The van der Waals surface area contributed by atoms with E-state index in [4.69, 9.17) is 11.6 Å². The highest BCUT2D eigenvalue weighted by Gasteiger charge is 2.24. The second-order valence-electron chi connectivity index (χ2n) is 4.55. The lowest BCUT2D eigenvalue weighted by Crippen LogP contribution is -2.33. The van der Waals surface area contributed by atoms with Crippen LogP contribution in [0.3, 0.4) is 0 Å². The van der Waals surface area contributed by atoms with Gasteiger partial charge in [0.25, 0.3) is 5.91 Å². The molecule has 1 atom stereocenters. The number of pyridine rings is 1. The van der Waals surface area contributed by atoms with Crippen molar-refractivity contribution in [2.75, 3.05) is 0 Å². The average Bonchev–Trinajstić information content (AvgIpc) is 3.05. The largest absolute Gasteiger partial charge is 0.349 e. The SMILES string of the molecule is CC(CC1CC1)NC(=O)c1cc(Br)cnc1Cl. The van der Waals surface area contributed by atoms with Crippen molar-refractivity contribution in [2.45, 2.75) is 32.2 Å². The van der Waals surface area contributed by atoms with Crippen LogP contribution in [0.4, 0.5) is 0 Å². The van der Waals surface area contributed by atoms with Crippen LogP contribution >= 0.6 is 27.5 Å². The summed E-state index contributed by atoms with van der Waals surface area (Å²) in [6.07, 6.45) is 5.20. The van der Waals surface area contributed by atoms with Crippen molar-refractivity contribution in [3.63, 3.8) is 0 Å². The maximum absolute atomic E-state index is 12.0. The van der Waals surface area contributed by atoms with E-state index in [0.717, 1.165) is 16.8 Å². The van der Waals surface area contributed by atoms with Gasteiger partial charge in [-0.25, -0.2) is 4.98 Å². The summed E-state index contributed by atoms with van der Waals surface area (Å²) in [4.78, 5) is 15.9. The number of rotatable bonds is 4. The van der Waals surface area contributed by atoms with Crippen molar-refractivity contribution in [2.24, 2.45) is 5.92 Å². The van der Waals surface area contributed by atoms with Gasteiger partial charge in [0.2, 0.25) is 0 Å². The Morgan fingerprint density at radius 1 is 1.71 bits per heavy atom.